The molecule has 37 heavy (non-hydrogen) atoms. The lowest BCUT2D eigenvalue weighted by Crippen LogP contribution is -2.40. The average Bonchev–Trinajstić information content (AvgIpc) is 3.38. The molecule has 2 N–H and O–H groups in total. The Labute approximate surface area is 219 Å². The number of likely N-dealkylation sites (tertiary alicyclic amines) is 1. The maximum absolute atomic E-state index is 12.5. The Balaban J connectivity index is 1.55. The predicted molar refractivity (Wildman–Crippen MR) is 148 cm³/mol. The van der Waals surface area contributed by atoms with E-state index >= 15 is 0 Å². The van der Waals surface area contributed by atoms with Crippen LogP contribution in [0.2, 0.25) is 0 Å². The molecular weight excluding hydrogens is 487 g/mol. The van der Waals surface area contributed by atoms with Crippen LogP contribution in [-0.2, 0) is 15.8 Å². The number of hydrogen-bond acceptors (Lipinski definition) is 5. The predicted octanol–water partition coefficient (Wildman–Crippen LogP) is 5.69. The summed E-state index contributed by atoms with van der Waals surface area (Å²) in [7, 11) is -1.67. The van der Waals surface area contributed by atoms with Gasteiger partial charge in [0.25, 0.3) is 0 Å². The summed E-state index contributed by atoms with van der Waals surface area (Å²) in [5.41, 5.74) is 4.52. The smallest absolute Gasteiger partial charge is 0.226 e. The first kappa shape index (κ1) is 26.3. The van der Waals surface area contributed by atoms with Crippen LogP contribution in [0.25, 0.3) is 10.9 Å². The second-order valence-corrected chi connectivity index (χ2v) is 12.8. The van der Waals surface area contributed by atoms with Crippen LogP contribution in [0.5, 0.6) is 11.5 Å². The number of aryl methyl sites for hydroxylation is 1. The van der Waals surface area contributed by atoms with Gasteiger partial charge in [-0.3, -0.25) is 9.46 Å². The number of methoxy groups -OCH3 is 1. The highest BCUT2D eigenvalue weighted by Gasteiger charge is 2.34. The summed E-state index contributed by atoms with van der Waals surface area (Å²) in [6.45, 7) is 6.49. The fourth-order valence-electron chi connectivity index (χ4n) is 5.80. The van der Waals surface area contributed by atoms with Crippen molar-refractivity contribution in [1.82, 2.24) is 9.88 Å². The number of fused-ring (bicyclic) bond motifs is 5. The lowest BCUT2D eigenvalue weighted by atomic mass is 9.91. The molecule has 1 fully saturated rings. The molecule has 1 aromatic heterocycles. The molecule has 2 aromatic carbocycles. The number of ether oxygens (including phenoxy) is 3. The van der Waals surface area contributed by atoms with Gasteiger partial charge in [0.05, 0.1) is 19.8 Å². The van der Waals surface area contributed by atoms with Crippen LogP contribution >= 0.6 is 7.37 Å². The van der Waals surface area contributed by atoms with Crippen molar-refractivity contribution in [2.45, 2.75) is 64.1 Å². The lowest BCUT2D eigenvalue weighted by molar-refractivity contribution is -0.0203. The van der Waals surface area contributed by atoms with E-state index in [0.717, 1.165) is 80.6 Å². The van der Waals surface area contributed by atoms with Gasteiger partial charge in [-0.2, -0.15) is 0 Å². The summed E-state index contributed by atoms with van der Waals surface area (Å²) in [6, 6.07) is 9.87. The van der Waals surface area contributed by atoms with Crippen LogP contribution < -0.4 is 14.8 Å². The maximum Gasteiger partial charge on any atom is 0.226 e. The maximum atomic E-state index is 12.5. The van der Waals surface area contributed by atoms with Crippen molar-refractivity contribution in [2.75, 3.05) is 33.5 Å². The number of aromatic nitrogens is 1. The average molecular weight is 527 g/mol. The molecule has 3 heterocycles. The Hall–Kier alpha value is -2.31. The molecular formula is C29H39N2O5P. The monoisotopic (exact) mass is 526 g/mol. The first-order chi connectivity index (χ1) is 17.8. The first-order valence-corrected chi connectivity index (χ1v) is 15.5. The van der Waals surface area contributed by atoms with Gasteiger partial charge >= 0.3 is 0 Å². The Morgan fingerprint density at radius 1 is 1.16 bits per heavy atom. The Morgan fingerprint density at radius 3 is 2.76 bits per heavy atom. The van der Waals surface area contributed by atoms with Gasteiger partial charge in [0.1, 0.15) is 11.5 Å². The number of aromatic amines is 1. The molecule has 8 heteroatoms. The molecule has 0 saturated carbocycles. The molecule has 2 aliphatic rings. The van der Waals surface area contributed by atoms with Gasteiger partial charge in [0, 0.05) is 65.9 Å². The topological polar surface area (TPSA) is 84.0 Å². The van der Waals surface area contributed by atoms with Crippen LogP contribution in [0.15, 0.2) is 36.5 Å². The summed E-state index contributed by atoms with van der Waals surface area (Å²) in [5.74, 6) is 1.61. The summed E-state index contributed by atoms with van der Waals surface area (Å²) in [5, 5.41) is 1.61. The number of nitrogens with zero attached hydrogens (tertiary/aromatic N) is 1. The van der Waals surface area contributed by atoms with E-state index in [0.29, 0.717) is 17.7 Å². The zero-order chi connectivity index (χ0) is 26.0. The van der Waals surface area contributed by atoms with Gasteiger partial charge in [0.2, 0.25) is 7.37 Å². The molecule has 0 aliphatic carbocycles. The highest BCUT2D eigenvalue weighted by Crippen LogP contribution is 2.42. The third-order valence-electron chi connectivity index (χ3n) is 7.84. The Morgan fingerprint density at radius 2 is 1.97 bits per heavy atom. The van der Waals surface area contributed by atoms with E-state index < -0.39 is 7.37 Å². The minimum atomic E-state index is -3.40. The molecule has 3 atom stereocenters. The number of nitrogens with one attached hydrogen (secondary N) is 1. The van der Waals surface area contributed by atoms with Gasteiger partial charge in [0.15, 0.2) is 0 Å². The van der Waals surface area contributed by atoms with Crippen molar-refractivity contribution in [3.63, 3.8) is 0 Å². The fraction of sp³-hybridized carbons (Fsp3) is 0.517. The zero-order valence-electron chi connectivity index (χ0n) is 22.2. The van der Waals surface area contributed by atoms with E-state index in [2.05, 4.69) is 28.9 Å². The molecule has 0 spiro atoms. The van der Waals surface area contributed by atoms with Crippen LogP contribution in [-0.4, -0.2) is 54.4 Å². The minimum Gasteiger partial charge on any atom is -0.496 e. The van der Waals surface area contributed by atoms with Gasteiger partial charge in [-0.05, 0) is 68.9 Å². The van der Waals surface area contributed by atoms with Gasteiger partial charge in [-0.25, -0.2) is 0 Å². The summed E-state index contributed by atoms with van der Waals surface area (Å²) in [4.78, 5) is 16.1. The van der Waals surface area contributed by atoms with Gasteiger partial charge in [-0.15, -0.1) is 0 Å². The number of piperidine rings is 1. The van der Waals surface area contributed by atoms with E-state index in [9.17, 15) is 9.46 Å². The molecule has 0 radical (unpaired) electrons. The normalized spacial score (nSPS) is 23.1. The molecule has 5 rings (SSSR count). The van der Waals surface area contributed by atoms with Crippen LogP contribution in [0.3, 0.4) is 0 Å². The fourth-order valence-corrected chi connectivity index (χ4v) is 6.51. The van der Waals surface area contributed by atoms with E-state index in [4.69, 9.17) is 14.2 Å². The molecule has 200 valence electrons. The summed E-state index contributed by atoms with van der Waals surface area (Å²) >= 11 is 0. The molecule has 3 aromatic rings. The Kier molecular flexibility index (Phi) is 7.96. The van der Waals surface area contributed by atoms with E-state index in [1.54, 1.807) is 19.2 Å². The number of hydrogen-bond donors (Lipinski definition) is 2. The van der Waals surface area contributed by atoms with Crippen molar-refractivity contribution >= 4 is 23.6 Å². The second kappa shape index (κ2) is 11.2. The van der Waals surface area contributed by atoms with Crippen LogP contribution in [0.4, 0.5) is 0 Å². The van der Waals surface area contributed by atoms with Crippen LogP contribution in [0.1, 0.15) is 61.3 Å². The highest BCUT2D eigenvalue weighted by molar-refractivity contribution is 7.65. The summed E-state index contributed by atoms with van der Waals surface area (Å²) < 4.78 is 31.0. The quantitative estimate of drug-likeness (QED) is 0.425. The number of rotatable bonds is 4. The lowest BCUT2D eigenvalue weighted by Gasteiger charge is -2.40. The molecule has 2 bridgehead atoms. The van der Waals surface area contributed by atoms with Crippen molar-refractivity contribution in [2.24, 2.45) is 0 Å². The number of H-pyrrole nitrogens is 1. The summed E-state index contributed by atoms with van der Waals surface area (Å²) in [6.07, 6.45) is 8.22. The Bertz CT molecular complexity index is 1280. The molecule has 1 unspecified atom stereocenters. The second-order valence-electron chi connectivity index (χ2n) is 10.5. The van der Waals surface area contributed by atoms with Crippen molar-refractivity contribution in [3.05, 3.63) is 53.2 Å². The van der Waals surface area contributed by atoms with Crippen molar-refractivity contribution in [1.29, 1.82) is 0 Å². The SMILES string of the molecule is COc1cc(C)c2[nH]ccc2c1CN1CC[C@H]2C[C@H]1c1ccc(P(C)(=O)O)cc1OCCCCCCO2. The standard InChI is InChI=1S/C29H39N2O5P/c1-20-16-27(34-2)25(23-10-12-30-29(20)23)19-31-13-11-21-17-26(31)24-9-8-22(37(3,32)33)18-28(24)36-15-7-5-4-6-14-35-21/h8-10,12,16,18,21,26,30H,4-7,11,13-15,17,19H2,1-3H3,(H,32,33)/t21-,26-/m0/s1. The van der Waals surface area contributed by atoms with Gasteiger partial charge < -0.3 is 24.1 Å². The third kappa shape index (κ3) is 5.75. The molecule has 1 saturated heterocycles. The highest BCUT2D eigenvalue weighted by atomic mass is 31.2. The van der Waals surface area contributed by atoms with Crippen molar-refractivity contribution < 1.29 is 23.7 Å². The zero-order valence-corrected chi connectivity index (χ0v) is 23.1. The van der Waals surface area contributed by atoms with E-state index in [1.807, 2.05) is 12.3 Å². The molecule has 2 aliphatic heterocycles. The van der Waals surface area contributed by atoms with Crippen molar-refractivity contribution in [3.8, 4) is 11.5 Å². The first-order valence-electron chi connectivity index (χ1n) is 13.4. The third-order valence-corrected chi connectivity index (χ3v) is 9.08. The minimum absolute atomic E-state index is 0.0542. The van der Waals surface area contributed by atoms with E-state index in [1.165, 1.54) is 17.6 Å². The van der Waals surface area contributed by atoms with Gasteiger partial charge in [-0.1, -0.05) is 12.5 Å². The molecule has 7 nitrogen and oxygen atoms in total. The van der Waals surface area contributed by atoms with Crippen LogP contribution in [0, 0.1) is 6.92 Å². The van der Waals surface area contributed by atoms with E-state index in [-0.39, 0.29) is 12.1 Å². The largest absolute Gasteiger partial charge is 0.496 e. The molecule has 0 amide bonds. The number of benzene rings is 2.